The number of esters is 3. The summed E-state index contributed by atoms with van der Waals surface area (Å²) in [6.07, 6.45) is -3.62. The molecule has 0 aromatic heterocycles. The van der Waals surface area contributed by atoms with E-state index < -0.39 is 61.4 Å². The minimum absolute atomic E-state index is 0.0920. The van der Waals surface area contributed by atoms with Gasteiger partial charge >= 0.3 is 17.9 Å². The lowest BCUT2D eigenvalue weighted by atomic mass is 9.90. The first-order valence-electron chi connectivity index (χ1n) is 9.74. The quantitative estimate of drug-likeness (QED) is 0.225. The van der Waals surface area contributed by atoms with Crippen molar-refractivity contribution in [2.75, 3.05) is 13.7 Å². The zero-order chi connectivity index (χ0) is 24.4. The highest BCUT2D eigenvalue weighted by Crippen LogP contribution is 2.34. The van der Waals surface area contributed by atoms with Gasteiger partial charge in [-0.2, -0.15) is 0 Å². The standard InChI is InChI=1S/C20H31Br3O8/c1-10-11(9-28-15(24)18(2,3)21)29-14(27-8)13(31-17(26)20(6,7)23)12(10)30-16(25)19(4,5)22/h10-14H,9H2,1-8H3. The molecule has 1 rings (SSSR count). The predicted molar refractivity (Wildman–Crippen MR) is 125 cm³/mol. The zero-order valence-corrected chi connectivity index (χ0v) is 23.8. The highest BCUT2D eigenvalue weighted by atomic mass is 79.9. The third kappa shape index (κ3) is 8.24. The van der Waals surface area contributed by atoms with E-state index >= 15 is 0 Å². The van der Waals surface area contributed by atoms with Gasteiger partial charge in [-0.25, -0.2) is 0 Å². The molecular weight excluding hydrogens is 608 g/mol. The second-order valence-corrected chi connectivity index (χ2v) is 14.8. The molecule has 0 aliphatic carbocycles. The molecule has 0 aromatic rings. The first-order chi connectivity index (χ1) is 13.9. The Morgan fingerprint density at radius 3 is 1.61 bits per heavy atom. The Hall–Kier alpha value is -0.230. The second-order valence-electron chi connectivity index (χ2n) is 8.89. The summed E-state index contributed by atoms with van der Waals surface area (Å²) in [5, 5.41) is 0. The molecule has 0 amide bonds. The van der Waals surface area contributed by atoms with Crippen LogP contribution in [0.25, 0.3) is 0 Å². The summed E-state index contributed by atoms with van der Waals surface area (Å²) in [7, 11) is 1.39. The number of carbonyl (C=O) groups is 3. The zero-order valence-electron chi connectivity index (χ0n) is 19.0. The highest BCUT2D eigenvalue weighted by Gasteiger charge is 2.51. The van der Waals surface area contributed by atoms with Crippen LogP contribution in [-0.4, -0.2) is 69.2 Å². The minimum Gasteiger partial charge on any atom is -0.462 e. The Labute approximate surface area is 208 Å². The molecule has 31 heavy (non-hydrogen) atoms. The number of halogens is 3. The monoisotopic (exact) mass is 636 g/mol. The van der Waals surface area contributed by atoms with Crippen LogP contribution in [0.15, 0.2) is 0 Å². The maximum atomic E-state index is 12.6. The third-order valence-corrected chi connectivity index (χ3v) is 5.53. The first-order valence-corrected chi connectivity index (χ1v) is 12.1. The second kappa shape index (κ2) is 10.8. The molecule has 0 aromatic carbocycles. The van der Waals surface area contributed by atoms with Crippen LogP contribution in [-0.2, 0) is 38.1 Å². The molecule has 8 nitrogen and oxygen atoms in total. The molecule has 0 N–H and O–H groups in total. The van der Waals surface area contributed by atoms with E-state index in [2.05, 4.69) is 47.8 Å². The van der Waals surface area contributed by atoms with Gasteiger partial charge < -0.3 is 23.7 Å². The average Bonchev–Trinajstić information content (AvgIpc) is 2.60. The van der Waals surface area contributed by atoms with Gasteiger partial charge in [0.15, 0.2) is 12.4 Å². The smallest absolute Gasteiger partial charge is 0.322 e. The molecule has 0 bridgehead atoms. The molecule has 0 saturated carbocycles. The van der Waals surface area contributed by atoms with E-state index in [-0.39, 0.29) is 6.61 Å². The number of ether oxygens (including phenoxy) is 5. The van der Waals surface area contributed by atoms with Crippen molar-refractivity contribution in [2.24, 2.45) is 5.92 Å². The maximum Gasteiger partial charge on any atom is 0.322 e. The minimum atomic E-state index is -1.04. The van der Waals surface area contributed by atoms with Gasteiger partial charge in [-0.1, -0.05) is 54.7 Å². The molecule has 1 aliphatic rings. The molecule has 1 heterocycles. The summed E-state index contributed by atoms with van der Waals surface area (Å²) in [6.45, 7) is 11.6. The molecule has 5 unspecified atom stereocenters. The van der Waals surface area contributed by atoms with Gasteiger partial charge in [0, 0.05) is 13.0 Å². The Balaban J connectivity index is 3.18. The van der Waals surface area contributed by atoms with E-state index in [4.69, 9.17) is 23.7 Å². The molecule has 0 spiro atoms. The molecule has 1 aliphatic heterocycles. The predicted octanol–water partition coefficient (Wildman–Crippen LogP) is 3.88. The maximum absolute atomic E-state index is 12.6. The van der Waals surface area contributed by atoms with Crippen LogP contribution in [0, 0.1) is 5.92 Å². The van der Waals surface area contributed by atoms with Crippen molar-refractivity contribution in [3.05, 3.63) is 0 Å². The van der Waals surface area contributed by atoms with Crippen molar-refractivity contribution < 1.29 is 38.1 Å². The summed E-state index contributed by atoms with van der Waals surface area (Å²) in [5.41, 5.74) is 0. The van der Waals surface area contributed by atoms with Crippen molar-refractivity contribution >= 4 is 65.7 Å². The number of rotatable bonds is 8. The van der Waals surface area contributed by atoms with Crippen LogP contribution in [0.2, 0.25) is 0 Å². The average molecular weight is 639 g/mol. The van der Waals surface area contributed by atoms with E-state index in [1.165, 1.54) is 7.11 Å². The Morgan fingerprint density at radius 2 is 1.23 bits per heavy atom. The van der Waals surface area contributed by atoms with Crippen molar-refractivity contribution in [1.82, 2.24) is 0 Å². The van der Waals surface area contributed by atoms with Gasteiger partial charge in [0.1, 0.15) is 31.8 Å². The number of alkyl halides is 3. The molecule has 1 saturated heterocycles. The van der Waals surface area contributed by atoms with Gasteiger partial charge in [-0.15, -0.1) is 0 Å². The van der Waals surface area contributed by atoms with E-state index in [0.717, 1.165) is 0 Å². The van der Waals surface area contributed by atoms with E-state index in [1.54, 1.807) is 48.5 Å². The van der Waals surface area contributed by atoms with Gasteiger partial charge in [-0.3, -0.25) is 14.4 Å². The lowest BCUT2D eigenvalue weighted by molar-refractivity contribution is -0.289. The van der Waals surface area contributed by atoms with Crippen LogP contribution >= 0.6 is 47.8 Å². The number of methoxy groups -OCH3 is 1. The van der Waals surface area contributed by atoms with Crippen LogP contribution in [0.1, 0.15) is 48.5 Å². The number of hydrogen-bond donors (Lipinski definition) is 0. The van der Waals surface area contributed by atoms with Crippen LogP contribution in [0.3, 0.4) is 0 Å². The highest BCUT2D eigenvalue weighted by molar-refractivity contribution is 9.10. The van der Waals surface area contributed by atoms with Crippen molar-refractivity contribution in [3.8, 4) is 0 Å². The summed E-state index contributed by atoms with van der Waals surface area (Å²) >= 11 is 9.81. The summed E-state index contributed by atoms with van der Waals surface area (Å²) < 4.78 is 25.3. The fraction of sp³-hybridized carbons (Fsp3) is 0.850. The van der Waals surface area contributed by atoms with Gasteiger partial charge in [0.2, 0.25) is 0 Å². The molecule has 5 atom stereocenters. The SMILES string of the molecule is COC1OC(COC(=O)C(C)(C)Br)C(C)C(OC(=O)C(C)(C)Br)C1OC(=O)C(C)(C)Br. The van der Waals surface area contributed by atoms with Crippen molar-refractivity contribution in [1.29, 1.82) is 0 Å². The van der Waals surface area contributed by atoms with Crippen molar-refractivity contribution in [3.63, 3.8) is 0 Å². The number of carbonyl (C=O) groups excluding carboxylic acids is 3. The van der Waals surface area contributed by atoms with Gasteiger partial charge in [0.05, 0.1) is 0 Å². The normalized spacial score (nSPS) is 27.4. The Kier molecular flexibility index (Phi) is 10.0. The molecular formula is C20H31Br3O8. The summed E-state index contributed by atoms with van der Waals surface area (Å²) in [6, 6.07) is 0. The summed E-state index contributed by atoms with van der Waals surface area (Å²) in [4.78, 5) is 37.3. The molecule has 0 radical (unpaired) electrons. The van der Waals surface area contributed by atoms with E-state index in [0.29, 0.717) is 0 Å². The van der Waals surface area contributed by atoms with Crippen LogP contribution in [0.4, 0.5) is 0 Å². The Bertz CT molecular complexity index is 663. The van der Waals surface area contributed by atoms with Gasteiger partial charge in [0.25, 0.3) is 0 Å². The van der Waals surface area contributed by atoms with E-state index in [9.17, 15) is 14.4 Å². The fourth-order valence-corrected chi connectivity index (χ4v) is 2.88. The number of hydrogen-bond acceptors (Lipinski definition) is 8. The molecule has 180 valence electrons. The lowest BCUT2D eigenvalue weighted by Crippen LogP contribution is -2.59. The third-order valence-electron chi connectivity index (χ3n) is 4.56. The van der Waals surface area contributed by atoms with Gasteiger partial charge in [-0.05, 0) is 41.5 Å². The van der Waals surface area contributed by atoms with Crippen molar-refractivity contribution in [2.45, 2.75) is 86.0 Å². The van der Waals surface area contributed by atoms with E-state index in [1.807, 2.05) is 0 Å². The lowest BCUT2D eigenvalue weighted by Gasteiger charge is -2.44. The van der Waals surface area contributed by atoms with Crippen LogP contribution < -0.4 is 0 Å². The molecule has 1 fully saturated rings. The largest absolute Gasteiger partial charge is 0.462 e. The topological polar surface area (TPSA) is 97.4 Å². The molecule has 11 heteroatoms. The Morgan fingerprint density at radius 1 is 0.806 bits per heavy atom. The van der Waals surface area contributed by atoms with Crippen LogP contribution in [0.5, 0.6) is 0 Å². The first kappa shape index (κ1) is 28.8. The fourth-order valence-electron chi connectivity index (χ4n) is 2.57. The summed E-state index contributed by atoms with van der Waals surface area (Å²) in [5.74, 6) is -2.06.